The Morgan fingerprint density at radius 3 is 2.41 bits per heavy atom. The maximum atomic E-state index is 11.2. The number of unbranched alkanes of at least 4 members (excludes halogenated alkanes) is 1. The van der Waals surface area contributed by atoms with Gasteiger partial charge in [-0.2, -0.15) is 0 Å². The van der Waals surface area contributed by atoms with Crippen LogP contribution in [0.25, 0.3) is 0 Å². The van der Waals surface area contributed by atoms with Crippen LogP contribution in [0.2, 0.25) is 0 Å². The van der Waals surface area contributed by atoms with E-state index in [2.05, 4.69) is 5.32 Å². The zero-order chi connectivity index (χ0) is 13.5. The first-order chi connectivity index (χ1) is 7.72. The molecular weight excluding hydrogens is 337 g/mol. The molecule has 0 radical (unpaired) electrons. The summed E-state index contributed by atoms with van der Waals surface area (Å²) >= 11 is 1.90. The molecule has 0 spiro atoms. The molecule has 0 rings (SSSR count). The number of carboxylic acids is 1. The van der Waals surface area contributed by atoms with Crippen LogP contribution in [0.3, 0.4) is 0 Å². The number of amides is 1. The quantitative estimate of drug-likeness (QED) is 0.435. The summed E-state index contributed by atoms with van der Waals surface area (Å²) in [5, 5.41) is 11.3. The third kappa shape index (κ3) is 10.3. The Kier molecular flexibility index (Phi) is 7.49. The van der Waals surface area contributed by atoms with Crippen molar-refractivity contribution in [3.05, 3.63) is 0 Å². The summed E-state index contributed by atoms with van der Waals surface area (Å²) in [7, 11) is 0. The first-order valence-corrected chi connectivity index (χ1v) is 6.80. The van der Waals surface area contributed by atoms with Crippen LogP contribution in [0.4, 0.5) is 4.79 Å². The number of ether oxygens (including phenoxy) is 1. The molecular formula is C11H20INO4. The lowest BCUT2D eigenvalue weighted by Gasteiger charge is -2.19. The summed E-state index contributed by atoms with van der Waals surface area (Å²) in [6, 6.07) is 0. The van der Waals surface area contributed by atoms with Crippen molar-refractivity contribution in [2.75, 3.05) is 6.54 Å². The Bertz CT molecular complexity index is 263. The third-order valence-electron chi connectivity index (χ3n) is 1.82. The molecule has 1 unspecified atom stereocenters. The molecule has 1 atom stereocenters. The van der Waals surface area contributed by atoms with Gasteiger partial charge in [-0.25, -0.2) is 4.79 Å². The van der Waals surface area contributed by atoms with E-state index >= 15 is 0 Å². The van der Waals surface area contributed by atoms with Crippen LogP contribution in [0.15, 0.2) is 0 Å². The van der Waals surface area contributed by atoms with E-state index in [1.54, 1.807) is 20.8 Å². The summed E-state index contributed by atoms with van der Waals surface area (Å²) in [5.41, 5.74) is -0.485. The monoisotopic (exact) mass is 357 g/mol. The highest BCUT2D eigenvalue weighted by atomic mass is 127. The van der Waals surface area contributed by atoms with E-state index in [1.165, 1.54) is 0 Å². The normalized spacial score (nSPS) is 12.9. The molecule has 0 fully saturated rings. The lowest BCUT2D eigenvalue weighted by molar-refractivity contribution is -0.136. The Hall–Kier alpha value is -0.530. The number of carbonyl (C=O) groups is 2. The van der Waals surface area contributed by atoms with Crippen molar-refractivity contribution in [1.29, 1.82) is 0 Å². The molecule has 2 N–H and O–H groups in total. The van der Waals surface area contributed by atoms with Crippen molar-refractivity contribution < 1.29 is 19.4 Å². The van der Waals surface area contributed by atoms with Crippen molar-refractivity contribution in [2.45, 2.75) is 49.6 Å². The minimum absolute atomic E-state index is 0.353. The lowest BCUT2D eigenvalue weighted by atomic mass is 10.2. The average molecular weight is 357 g/mol. The predicted octanol–water partition coefficient (Wildman–Crippen LogP) is 2.57. The molecule has 0 aromatic rings. The van der Waals surface area contributed by atoms with Crippen LogP contribution in [0.1, 0.15) is 40.0 Å². The van der Waals surface area contributed by atoms with Crippen molar-refractivity contribution >= 4 is 34.7 Å². The van der Waals surface area contributed by atoms with Gasteiger partial charge in [0.1, 0.15) is 9.53 Å². The van der Waals surface area contributed by atoms with Crippen LogP contribution in [0.5, 0.6) is 0 Å². The topological polar surface area (TPSA) is 75.6 Å². The molecule has 0 bridgehead atoms. The fourth-order valence-corrected chi connectivity index (χ4v) is 1.52. The van der Waals surface area contributed by atoms with Gasteiger partial charge in [-0.15, -0.1) is 0 Å². The van der Waals surface area contributed by atoms with Gasteiger partial charge < -0.3 is 15.2 Å². The van der Waals surface area contributed by atoms with Gasteiger partial charge >= 0.3 is 12.1 Å². The Morgan fingerprint density at radius 1 is 1.35 bits per heavy atom. The second-order valence-corrected chi connectivity index (χ2v) is 6.23. The number of alkyl carbamates (subject to hydrolysis) is 1. The third-order valence-corrected chi connectivity index (χ3v) is 2.98. The van der Waals surface area contributed by atoms with Gasteiger partial charge in [0.2, 0.25) is 0 Å². The number of carbonyl (C=O) groups excluding carboxylic acids is 1. The van der Waals surface area contributed by atoms with E-state index in [9.17, 15) is 9.59 Å². The Morgan fingerprint density at radius 2 is 1.94 bits per heavy atom. The van der Waals surface area contributed by atoms with E-state index < -0.39 is 17.7 Å². The van der Waals surface area contributed by atoms with Crippen LogP contribution in [-0.2, 0) is 9.53 Å². The Balaban J connectivity index is 3.52. The number of nitrogens with one attached hydrogen (secondary N) is 1. The molecule has 100 valence electrons. The van der Waals surface area contributed by atoms with E-state index in [0.717, 1.165) is 12.8 Å². The van der Waals surface area contributed by atoms with Gasteiger partial charge in [0.25, 0.3) is 0 Å². The van der Waals surface area contributed by atoms with Gasteiger partial charge in [-0.3, -0.25) is 4.79 Å². The van der Waals surface area contributed by atoms with Crippen molar-refractivity contribution in [1.82, 2.24) is 5.32 Å². The zero-order valence-electron chi connectivity index (χ0n) is 10.5. The molecule has 17 heavy (non-hydrogen) atoms. The summed E-state index contributed by atoms with van der Waals surface area (Å²) in [4.78, 5) is 21.8. The number of halogens is 1. The van der Waals surface area contributed by atoms with E-state index in [0.29, 0.717) is 13.0 Å². The minimum Gasteiger partial charge on any atom is -0.480 e. The molecule has 0 aliphatic carbocycles. The molecule has 0 aromatic heterocycles. The van der Waals surface area contributed by atoms with Gasteiger partial charge in [0.15, 0.2) is 0 Å². The van der Waals surface area contributed by atoms with Gasteiger partial charge in [0, 0.05) is 6.54 Å². The second-order valence-electron chi connectivity index (χ2n) is 4.73. The Labute approximate surface area is 115 Å². The standard InChI is InChI=1S/C11H20INO4/c1-11(2,3)17-10(16)13-7-5-4-6-8(12)9(14)15/h8H,4-7H2,1-3H3,(H,13,16)(H,14,15). The van der Waals surface area contributed by atoms with E-state index in [1.807, 2.05) is 22.6 Å². The number of hydrogen-bond acceptors (Lipinski definition) is 3. The van der Waals surface area contributed by atoms with Gasteiger partial charge in [0.05, 0.1) is 0 Å². The number of alkyl halides is 1. The van der Waals surface area contributed by atoms with Gasteiger partial charge in [-0.05, 0) is 33.6 Å². The molecule has 1 amide bonds. The fourth-order valence-electron chi connectivity index (χ4n) is 1.08. The van der Waals surface area contributed by atoms with Crippen molar-refractivity contribution in [3.8, 4) is 0 Å². The van der Waals surface area contributed by atoms with Crippen molar-refractivity contribution in [3.63, 3.8) is 0 Å². The molecule has 6 heteroatoms. The molecule has 0 saturated carbocycles. The first-order valence-electron chi connectivity index (χ1n) is 5.56. The number of rotatable bonds is 6. The highest BCUT2D eigenvalue weighted by Crippen LogP contribution is 2.10. The molecule has 0 aliphatic rings. The van der Waals surface area contributed by atoms with Crippen LogP contribution < -0.4 is 5.32 Å². The highest BCUT2D eigenvalue weighted by Gasteiger charge is 2.15. The summed E-state index contributed by atoms with van der Waals surface area (Å²) in [6.45, 7) is 5.93. The van der Waals surface area contributed by atoms with Crippen LogP contribution in [0, 0.1) is 0 Å². The molecule has 0 heterocycles. The highest BCUT2D eigenvalue weighted by molar-refractivity contribution is 14.1. The maximum Gasteiger partial charge on any atom is 0.407 e. The number of carboxylic acid groups (broad SMARTS) is 1. The summed E-state index contributed by atoms with van der Waals surface area (Å²) in [5.74, 6) is -0.786. The molecule has 5 nitrogen and oxygen atoms in total. The summed E-state index contributed by atoms with van der Waals surface area (Å²) < 4.78 is 4.71. The molecule has 0 saturated heterocycles. The maximum absolute atomic E-state index is 11.2. The van der Waals surface area contributed by atoms with Gasteiger partial charge in [-0.1, -0.05) is 29.0 Å². The molecule has 0 aromatic carbocycles. The average Bonchev–Trinajstić information content (AvgIpc) is 2.13. The number of hydrogen-bond donors (Lipinski definition) is 2. The van der Waals surface area contributed by atoms with Crippen molar-refractivity contribution in [2.24, 2.45) is 0 Å². The van der Waals surface area contributed by atoms with Crippen LogP contribution in [-0.4, -0.2) is 33.2 Å². The zero-order valence-corrected chi connectivity index (χ0v) is 12.6. The number of aliphatic carboxylic acids is 1. The minimum atomic E-state index is -0.786. The van der Waals surface area contributed by atoms with E-state index in [-0.39, 0.29) is 3.92 Å². The predicted molar refractivity (Wildman–Crippen MR) is 73.5 cm³/mol. The summed E-state index contributed by atoms with van der Waals surface area (Å²) in [6.07, 6.45) is 1.72. The lowest BCUT2D eigenvalue weighted by Crippen LogP contribution is -2.33. The van der Waals surface area contributed by atoms with Crippen LogP contribution >= 0.6 is 22.6 Å². The van der Waals surface area contributed by atoms with E-state index in [4.69, 9.17) is 9.84 Å². The second kappa shape index (κ2) is 7.73. The largest absolute Gasteiger partial charge is 0.480 e. The smallest absolute Gasteiger partial charge is 0.407 e. The molecule has 0 aliphatic heterocycles. The first kappa shape index (κ1) is 16.5. The fraction of sp³-hybridized carbons (Fsp3) is 0.818. The SMILES string of the molecule is CC(C)(C)OC(=O)NCCCCC(I)C(=O)O.